The summed E-state index contributed by atoms with van der Waals surface area (Å²) in [5.74, 6) is 1.53. The van der Waals surface area contributed by atoms with E-state index in [9.17, 15) is 0 Å². The van der Waals surface area contributed by atoms with Crippen LogP contribution in [0.2, 0.25) is 5.02 Å². The number of likely N-dealkylation sites (N-methyl/N-ethyl adjacent to an activating group) is 1. The molecule has 0 aliphatic carbocycles. The van der Waals surface area contributed by atoms with Gasteiger partial charge in [0.25, 0.3) is 0 Å². The van der Waals surface area contributed by atoms with E-state index in [1.165, 1.54) is 0 Å². The van der Waals surface area contributed by atoms with Crippen molar-refractivity contribution in [2.75, 3.05) is 46.4 Å². The summed E-state index contributed by atoms with van der Waals surface area (Å²) in [5.41, 5.74) is 4.89. The summed E-state index contributed by atoms with van der Waals surface area (Å²) >= 11 is 6.71. The van der Waals surface area contributed by atoms with E-state index in [0.29, 0.717) is 11.6 Å². The van der Waals surface area contributed by atoms with Crippen LogP contribution in [0.5, 0.6) is 5.75 Å². The summed E-state index contributed by atoms with van der Waals surface area (Å²) in [6, 6.07) is 26.3. The van der Waals surface area contributed by atoms with Crippen LogP contribution in [0.4, 0.5) is 0 Å². The van der Waals surface area contributed by atoms with E-state index in [4.69, 9.17) is 21.3 Å². The normalized spacial score (nSPS) is 14.8. The molecule has 5 rings (SSSR count). The maximum Gasteiger partial charge on any atom is 0.140 e. The Labute approximate surface area is 212 Å². The molecule has 180 valence electrons. The molecule has 6 heteroatoms. The lowest BCUT2D eigenvalue weighted by atomic mass is 10.1. The first-order valence-corrected chi connectivity index (χ1v) is 12.6. The Hall–Kier alpha value is -3.12. The number of H-pyrrole nitrogens is 1. The highest BCUT2D eigenvalue weighted by molar-refractivity contribution is 6.33. The molecule has 0 atom stereocenters. The van der Waals surface area contributed by atoms with E-state index in [1.54, 1.807) is 0 Å². The third-order valence-electron chi connectivity index (χ3n) is 6.49. The van der Waals surface area contributed by atoms with E-state index in [0.717, 1.165) is 78.8 Å². The molecule has 3 aromatic carbocycles. The number of aromatic nitrogens is 2. The first-order chi connectivity index (χ1) is 17.2. The predicted molar refractivity (Wildman–Crippen MR) is 144 cm³/mol. The SMILES string of the molecule is CN1CCN(CCCOc2ccc(-c3nc(-c4ccccc4)c(-c4ccccc4)[nH]3)c(Cl)c2)CC1. The molecular formula is C29H31ClN4O. The molecule has 0 unspecified atom stereocenters. The highest BCUT2D eigenvalue weighted by atomic mass is 35.5. The monoisotopic (exact) mass is 486 g/mol. The van der Waals surface area contributed by atoms with E-state index in [-0.39, 0.29) is 0 Å². The number of halogens is 1. The van der Waals surface area contributed by atoms with Crippen molar-refractivity contribution in [2.24, 2.45) is 0 Å². The van der Waals surface area contributed by atoms with Crippen LogP contribution in [0, 0.1) is 0 Å². The third-order valence-corrected chi connectivity index (χ3v) is 6.81. The van der Waals surface area contributed by atoms with Crippen molar-refractivity contribution < 1.29 is 4.74 Å². The Morgan fingerprint density at radius 1 is 0.886 bits per heavy atom. The molecule has 5 nitrogen and oxygen atoms in total. The Morgan fingerprint density at radius 3 is 2.26 bits per heavy atom. The molecular weight excluding hydrogens is 456 g/mol. The van der Waals surface area contributed by atoms with E-state index in [1.807, 2.05) is 54.6 Å². The van der Waals surface area contributed by atoms with Gasteiger partial charge in [-0.1, -0.05) is 72.3 Å². The number of nitrogens with zero attached hydrogens (tertiary/aromatic N) is 3. The molecule has 1 saturated heterocycles. The first-order valence-electron chi connectivity index (χ1n) is 12.2. The van der Waals surface area contributed by atoms with Gasteiger partial charge >= 0.3 is 0 Å². The molecule has 0 bridgehead atoms. The minimum atomic E-state index is 0.620. The van der Waals surface area contributed by atoms with Crippen molar-refractivity contribution in [2.45, 2.75) is 6.42 Å². The van der Waals surface area contributed by atoms with Crippen LogP contribution in [-0.4, -0.2) is 66.1 Å². The second kappa shape index (κ2) is 11.1. The first kappa shape index (κ1) is 23.6. The maximum absolute atomic E-state index is 6.71. The van der Waals surface area contributed by atoms with Crippen molar-refractivity contribution in [3.05, 3.63) is 83.9 Å². The Balaban J connectivity index is 1.30. The lowest BCUT2D eigenvalue weighted by Gasteiger charge is -2.32. The van der Waals surface area contributed by atoms with Crippen LogP contribution in [0.1, 0.15) is 6.42 Å². The van der Waals surface area contributed by atoms with Crippen molar-refractivity contribution in [3.63, 3.8) is 0 Å². The van der Waals surface area contributed by atoms with Crippen LogP contribution in [-0.2, 0) is 0 Å². The molecule has 1 fully saturated rings. The molecule has 1 aromatic heterocycles. The van der Waals surface area contributed by atoms with Crippen molar-refractivity contribution in [3.8, 4) is 39.7 Å². The van der Waals surface area contributed by atoms with Crippen LogP contribution < -0.4 is 4.74 Å². The molecule has 0 radical (unpaired) electrons. The Kier molecular flexibility index (Phi) is 7.48. The van der Waals surface area contributed by atoms with Gasteiger partial charge in [0.05, 0.1) is 23.0 Å². The summed E-state index contributed by atoms with van der Waals surface area (Å²) in [6.45, 7) is 6.30. The maximum atomic E-state index is 6.71. The van der Waals surface area contributed by atoms with Gasteiger partial charge in [-0.2, -0.15) is 0 Å². The topological polar surface area (TPSA) is 44.4 Å². The van der Waals surface area contributed by atoms with E-state index in [2.05, 4.69) is 46.1 Å². The molecule has 4 aromatic rings. The second-order valence-electron chi connectivity index (χ2n) is 9.03. The molecule has 35 heavy (non-hydrogen) atoms. The summed E-state index contributed by atoms with van der Waals surface area (Å²) in [7, 11) is 2.18. The minimum absolute atomic E-state index is 0.620. The molecule has 0 amide bonds. The van der Waals surface area contributed by atoms with Gasteiger partial charge in [-0.05, 0) is 31.7 Å². The van der Waals surface area contributed by atoms with Crippen LogP contribution in [0.25, 0.3) is 33.9 Å². The zero-order valence-corrected chi connectivity index (χ0v) is 20.8. The lowest BCUT2D eigenvalue weighted by Crippen LogP contribution is -2.44. The quantitative estimate of drug-likeness (QED) is 0.306. The molecule has 0 spiro atoms. The van der Waals surface area contributed by atoms with Crippen molar-refractivity contribution in [1.82, 2.24) is 19.8 Å². The summed E-state index contributed by atoms with van der Waals surface area (Å²) in [6.07, 6.45) is 1.00. The fourth-order valence-corrected chi connectivity index (χ4v) is 4.71. The second-order valence-corrected chi connectivity index (χ2v) is 9.44. The standard InChI is InChI=1S/C29H31ClN4O/c1-33-16-18-34(19-17-33)15-8-20-35-24-13-14-25(26(30)21-24)29-31-27(22-9-4-2-5-10-22)28(32-29)23-11-6-3-7-12-23/h2-7,9-14,21H,8,15-20H2,1H3,(H,31,32). The summed E-state index contributed by atoms with van der Waals surface area (Å²) in [5, 5.41) is 0.620. The van der Waals surface area contributed by atoms with Crippen molar-refractivity contribution in [1.29, 1.82) is 0 Å². The van der Waals surface area contributed by atoms with Gasteiger partial charge < -0.3 is 19.5 Å². The Morgan fingerprint density at radius 2 is 1.57 bits per heavy atom. The number of imidazole rings is 1. The van der Waals surface area contributed by atoms with E-state index >= 15 is 0 Å². The van der Waals surface area contributed by atoms with Gasteiger partial charge in [0.15, 0.2) is 0 Å². The highest BCUT2D eigenvalue weighted by Gasteiger charge is 2.17. The van der Waals surface area contributed by atoms with Gasteiger partial charge in [0, 0.05) is 49.4 Å². The van der Waals surface area contributed by atoms with Gasteiger partial charge in [-0.3, -0.25) is 0 Å². The number of rotatable bonds is 8. The number of ether oxygens (including phenoxy) is 1. The zero-order valence-electron chi connectivity index (χ0n) is 20.1. The van der Waals surface area contributed by atoms with Crippen LogP contribution in [0.15, 0.2) is 78.9 Å². The molecule has 0 saturated carbocycles. The fraction of sp³-hybridized carbons (Fsp3) is 0.276. The molecule has 1 N–H and O–H groups in total. The fourth-order valence-electron chi connectivity index (χ4n) is 4.45. The number of benzene rings is 3. The highest BCUT2D eigenvalue weighted by Crippen LogP contribution is 2.36. The summed E-state index contributed by atoms with van der Waals surface area (Å²) < 4.78 is 6.01. The molecule has 1 aliphatic heterocycles. The largest absolute Gasteiger partial charge is 0.493 e. The van der Waals surface area contributed by atoms with Crippen LogP contribution >= 0.6 is 11.6 Å². The smallest absolute Gasteiger partial charge is 0.140 e. The zero-order chi connectivity index (χ0) is 24.0. The predicted octanol–water partition coefficient (Wildman–Crippen LogP) is 6.08. The minimum Gasteiger partial charge on any atom is -0.493 e. The average molecular weight is 487 g/mol. The Bertz CT molecular complexity index is 1180. The van der Waals surface area contributed by atoms with Gasteiger partial charge in [0.2, 0.25) is 0 Å². The van der Waals surface area contributed by atoms with E-state index < -0.39 is 0 Å². The molecule has 1 aliphatic rings. The van der Waals surface area contributed by atoms with Crippen LogP contribution in [0.3, 0.4) is 0 Å². The van der Waals surface area contributed by atoms with Gasteiger partial charge in [-0.25, -0.2) is 4.98 Å². The van der Waals surface area contributed by atoms with Gasteiger partial charge in [0.1, 0.15) is 11.6 Å². The van der Waals surface area contributed by atoms with Gasteiger partial charge in [-0.15, -0.1) is 0 Å². The lowest BCUT2D eigenvalue weighted by molar-refractivity contribution is 0.145. The third kappa shape index (κ3) is 5.76. The molecule has 2 heterocycles. The summed E-state index contributed by atoms with van der Waals surface area (Å²) in [4.78, 5) is 13.4. The number of aromatic amines is 1. The number of piperazine rings is 1. The average Bonchev–Trinajstić information content (AvgIpc) is 3.34. The number of nitrogens with one attached hydrogen (secondary N) is 1. The van der Waals surface area contributed by atoms with Crippen molar-refractivity contribution >= 4 is 11.6 Å². The number of hydrogen-bond donors (Lipinski definition) is 1. The number of hydrogen-bond acceptors (Lipinski definition) is 4.